The van der Waals surface area contributed by atoms with Crippen LogP contribution in [0.5, 0.6) is 0 Å². The average molecular weight is 296 g/mol. The monoisotopic (exact) mass is 296 g/mol. The highest BCUT2D eigenvalue weighted by atomic mass is 16.5. The van der Waals surface area contributed by atoms with Crippen molar-refractivity contribution in [1.29, 1.82) is 0 Å². The quantitative estimate of drug-likeness (QED) is 0.947. The smallest absolute Gasteiger partial charge is 0.236 e. The summed E-state index contributed by atoms with van der Waals surface area (Å²) in [5, 5.41) is 2.97. The number of aromatic nitrogens is 1. The Morgan fingerprint density at radius 1 is 1.14 bits per heavy atom. The number of pyridine rings is 1. The lowest BCUT2D eigenvalue weighted by molar-refractivity contribution is -0.125. The Hall–Kier alpha value is -2.20. The molecule has 0 spiro atoms. The topological polar surface area (TPSA) is 51.2 Å². The number of carbonyl (C=O) groups is 1. The van der Waals surface area contributed by atoms with Gasteiger partial charge in [0.05, 0.1) is 5.41 Å². The van der Waals surface area contributed by atoms with Crippen molar-refractivity contribution in [2.24, 2.45) is 0 Å². The van der Waals surface area contributed by atoms with E-state index in [4.69, 9.17) is 4.74 Å². The van der Waals surface area contributed by atoms with Gasteiger partial charge in [-0.2, -0.15) is 0 Å². The zero-order chi connectivity index (χ0) is 15.4. The number of hydrogen-bond donors (Lipinski definition) is 1. The van der Waals surface area contributed by atoms with Gasteiger partial charge in [0.15, 0.2) is 0 Å². The van der Waals surface area contributed by atoms with Crippen LogP contribution < -0.4 is 5.32 Å². The molecule has 1 fully saturated rings. The molecule has 3 rings (SSSR count). The van der Waals surface area contributed by atoms with E-state index in [1.165, 1.54) is 0 Å². The van der Waals surface area contributed by atoms with Crippen LogP contribution in [0.15, 0.2) is 48.7 Å². The Kier molecular flexibility index (Phi) is 4.20. The number of rotatable bonds is 3. The standard InChI is InChI=1S/C18H20N2O2/c1-14-6-2-3-7-15(14)18(9-12-22-13-10-18)17(21)20-16-8-4-5-11-19-16/h2-8,11H,9-10,12-13H2,1H3,(H,19,20,21). The first-order valence-corrected chi connectivity index (χ1v) is 7.59. The fourth-order valence-electron chi connectivity index (χ4n) is 3.12. The largest absolute Gasteiger partial charge is 0.381 e. The number of amides is 1. The molecule has 1 amide bonds. The normalized spacial score (nSPS) is 17.0. The van der Waals surface area contributed by atoms with Crippen LogP contribution in [0, 0.1) is 6.92 Å². The summed E-state index contributed by atoms with van der Waals surface area (Å²) in [7, 11) is 0. The van der Waals surface area contributed by atoms with Gasteiger partial charge in [-0.3, -0.25) is 4.79 Å². The molecule has 4 heteroatoms. The second-order valence-corrected chi connectivity index (χ2v) is 5.68. The number of aryl methyl sites for hydroxylation is 1. The van der Waals surface area contributed by atoms with E-state index in [-0.39, 0.29) is 5.91 Å². The van der Waals surface area contributed by atoms with E-state index in [0.717, 1.165) is 11.1 Å². The Balaban J connectivity index is 1.96. The second kappa shape index (κ2) is 6.28. The van der Waals surface area contributed by atoms with Crippen LogP contribution in [0.2, 0.25) is 0 Å². The van der Waals surface area contributed by atoms with Crippen LogP contribution in [0.3, 0.4) is 0 Å². The highest BCUT2D eigenvalue weighted by Gasteiger charge is 2.42. The van der Waals surface area contributed by atoms with Gasteiger partial charge >= 0.3 is 0 Å². The van der Waals surface area contributed by atoms with Gasteiger partial charge in [-0.05, 0) is 43.0 Å². The maximum atomic E-state index is 13.0. The van der Waals surface area contributed by atoms with E-state index in [1.807, 2.05) is 30.3 Å². The molecule has 22 heavy (non-hydrogen) atoms. The lowest BCUT2D eigenvalue weighted by Crippen LogP contribution is -2.45. The number of nitrogens with one attached hydrogen (secondary N) is 1. The fraction of sp³-hybridized carbons (Fsp3) is 0.333. The Labute approximate surface area is 130 Å². The molecule has 114 valence electrons. The van der Waals surface area contributed by atoms with Crippen LogP contribution in [0.4, 0.5) is 5.82 Å². The SMILES string of the molecule is Cc1ccccc1C1(C(=O)Nc2ccccn2)CCOCC1. The molecule has 1 aliphatic rings. The number of ether oxygens (including phenoxy) is 1. The maximum Gasteiger partial charge on any atom is 0.236 e. The van der Waals surface area contributed by atoms with Crippen LogP contribution in [0.1, 0.15) is 24.0 Å². The van der Waals surface area contributed by atoms with Crippen molar-refractivity contribution >= 4 is 11.7 Å². The Bertz CT molecular complexity index is 649. The average Bonchev–Trinajstić information content (AvgIpc) is 2.57. The molecule has 4 nitrogen and oxygen atoms in total. The van der Waals surface area contributed by atoms with Gasteiger partial charge in [-0.15, -0.1) is 0 Å². The summed E-state index contributed by atoms with van der Waals surface area (Å²) in [6.45, 7) is 3.26. The predicted octanol–water partition coefficient (Wildman–Crippen LogP) is 3.08. The van der Waals surface area contributed by atoms with E-state index >= 15 is 0 Å². The summed E-state index contributed by atoms with van der Waals surface area (Å²) in [6, 6.07) is 13.6. The minimum absolute atomic E-state index is 0.00352. The number of carbonyl (C=O) groups excluding carboxylic acids is 1. The van der Waals surface area contributed by atoms with E-state index in [2.05, 4.69) is 29.4 Å². The van der Waals surface area contributed by atoms with Crippen molar-refractivity contribution in [3.63, 3.8) is 0 Å². The first kappa shape index (κ1) is 14.7. The summed E-state index contributed by atoms with van der Waals surface area (Å²) < 4.78 is 5.49. The van der Waals surface area contributed by atoms with E-state index in [1.54, 1.807) is 6.20 Å². The zero-order valence-electron chi connectivity index (χ0n) is 12.7. The lowest BCUT2D eigenvalue weighted by Gasteiger charge is -2.37. The van der Waals surface area contributed by atoms with Crippen molar-refractivity contribution in [3.05, 3.63) is 59.8 Å². The van der Waals surface area contributed by atoms with Gasteiger partial charge < -0.3 is 10.1 Å². The molecule has 1 N–H and O–H groups in total. The molecule has 1 aliphatic heterocycles. The summed E-state index contributed by atoms with van der Waals surface area (Å²) in [5.41, 5.74) is 1.69. The zero-order valence-corrected chi connectivity index (χ0v) is 12.7. The molecule has 0 aliphatic carbocycles. The van der Waals surface area contributed by atoms with Gasteiger partial charge in [0.25, 0.3) is 0 Å². The Morgan fingerprint density at radius 2 is 1.86 bits per heavy atom. The van der Waals surface area contributed by atoms with E-state index in [9.17, 15) is 4.79 Å². The van der Waals surface area contributed by atoms with Crippen molar-refractivity contribution in [2.45, 2.75) is 25.2 Å². The maximum absolute atomic E-state index is 13.0. The summed E-state index contributed by atoms with van der Waals surface area (Å²) in [4.78, 5) is 17.2. The third-order valence-corrected chi connectivity index (χ3v) is 4.35. The molecule has 0 atom stereocenters. The van der Waals surface area contributed by atoms with Crippen molar-refractivity contribution in [1.82, 2.24) is 4.98 Å². The predicted molar refractivity (Wildman–Crippen MR) is 85.8 cm³/mol. The first-order valence-electron chi connectivity index (χ1n) is 7.59. The Morgan fingerprint density at radius 3 is 2.55 bits per heavy atom. The molecule has 1 aromatic heterocycles. The molecular formula is C18H20N2O2. The van der Waals surface area contributed by atoms with Gasteiger partial charge in [0.1, 0.15) is 5.82 Å². The highest BCUT2D eigenvalue weighted by molar-refractivity contribution is 5.98. The van der Waals surface area contributed by atoms with Crippen LogP contribution in [-0.2, 0) is 14.9 Å². The molecule has 0 bridgehead atoms. The van der Waals surface area contributed by atoms with Gasteiger partial charge in [0, 0.05) is 19.4 Å². The van der Waals surface area contributed by atoms with Crippen LogP contribution >= 0.6 is 0 Å². The fourth-order valence-corrected chi connectivity index (χ4v) is 3.12. The van der Waals surface area contributed by atoms with Crippen molar-refractivity contribution < 1.29 is 9.53 Å². The molecule has 1 saturated heterocycles. The third-order valence-electron chi connectivity index (χ3n) is 4.35. The highest BCUT2D eigenvalue weighted by Crippen LogP contribution is 2.37. The molecule has 0 unspecified atom stereocenters. The van der Waals surface area contributed by atoms with Crippen molar-refractivity contribution in [2.75, 3.05) is 18.5 Å². The third kappa shape index (κ3) is 2.74. The number of benzene rings is 1. The van der Waals surface area contributed by atoms with E-state index in [0.29, 0.717) is 31.9 Å². The van der Waals surface area contributed by atoms with Crippen LogP contribution in [0.25, 0.3) is 0 Å². The molecule has 2 aromatic rings. The number of nitrogens with zero attached hydrogens (tertiary/aromatic N) is 1. The summed E-state index contributed by atoms with van der Waals surface area (Å²) in [6.07, 6.45) is 3.06. The lowest BCUT2D eigenvalue weighted by atomic mass is 9.72. The summed E-state index contributed by atoms with van der Waals surface area (Å²) >= 11 is 0. The van der Waals surface area contributed by atoms with Crippen molar-refractivity contribution in [3.8, 4) is 0 Å². The first-order chi connectivity index (χ1) is 10.7. The van der Waals surface area contributed by atoms with Gasteiger partial charge in [0.2, 0.25) is 5.91 Å². The van der Waals surface area contributed by atoms with Crippen LogP contribution in [-0.4, -0.2) is 24.1 Å². The molecule has 1 aromatic carbocycles. The molecular weight excluding hydrogens is 276 g/mol. The molecule has 2 heterocycles. The summed E-state index contributed by atoms with van der Waals surface area (Å²) in [5.74, 6) is 0.593. The van der Waals surface area contributed by atoms with Gasteiger partial charge in [-0.1, -0.05) is 30.3 Å². The van der Waals surface area contributed by atoms with Gasteiger partial charge in [-0.25, -0.2) is 4.98 Å². The molecule has 0 saturated carbocycles. The second-order valence-electron chi connectivity index (χ2n) is 5.68. The number of anilines is 1. The van der Waals surface area contributed by atoms with E-state index < -0.39 is 5.41 Å². The minimum Gasteiger partial charge on any atom is -0.381 e. The molecule has 0 radical (unpaired) electrons. The number of hydrogen-bond acceptors (Lipinski definition) is 3. The minimum atomic E-state index is -0.541.